The minimum absolute atomic E-state index is 0.0433. The molecule has 2 N–H and O–H groups in total. The van der Waals surface area contributed by atoms with Crippen LogP contribution in [0.1, 0.15) is 22.8 Å². The number of carbonyl (C=O) groups is 1. The smallest absolute Gasteiger partial charge is 0.251 e. The summed E-state index contributed by atoms with van der Waals surface area (Å²) < 4.78 is 45.4. The van der Waals surface area contributed by atoms with E-state index < -0.39 is 21.7 Å². The third-order valence-electron chi connectivity index (χ3n) is 3.60. The second kappa shape index (κ2) is 8.88. The molecule has 0 aliphatic heterocycles. The SMILES string of the molecule is COC[C@@H](C)NS(=O)(=O)c1ccc(C(=O)NCc2ccccc2F)cc1. The van der Waals surface area contributed by atoms with E-state index in [1.807, 2.05) is 0 Å². The van der Waals surface area contributed by atoms with Crippen molar-refractivity contribution in [3.63, 3.8) is 0 Å². The molecule has 140 valence electrons. The Hall–Kier alpha value is -2.29. The van der Waals surface area contributed by atoms with Gasteiger partial charge in [0.2, 0.25) is 10.0 Å². The van der Waals surface area contributed by atoms with Crippen LogP contribution in [-0.2, 0) is 21.3 Å². The zero-order valence-electron chi connectivity index (χ0n) is 14.5. The highest BCUT2D eigenvalue weighted by Crippen LogP contribution is 2.12. The monoisotopic (exact) mass is 380 g/mol. The van der Waals surface area contributed by atoms with Crippen LogP contribution in [-0.4, -0.2) is 34.1 Å². The molecule has 2 aromatic rings. The van der Waals surface area contributed by atoms with E-state index in [9.17, 15) is 17.6 Å². The van der Waals surface area contributed by atoms with Gasteiger partial charge in [0, 0.05) is 30.8 Å². The Bertz CT molecular complexity index is 854. The van der Waals surface area contributed by atoms with Gasteiger partial charge in [-0.2, -0.15) is 0 Å². The van der Waals surface area contributed by atoms with E-state index >= 15 is 0 Å². The van der Waals surface area contributed by atoms with Gasteiger partial charge in [-0.05, 0) is 37.3 Å². The molecule has 2 rings (SSSR count). The van der Waals surface area contributed by atoms with Crippen LogP contribution in [0.25, 0.3) is 0 Å². The minimum atomic E-state index is -3.70. The van der Waals surface area contributed by atoms with E-state index in [4.69, 9.17) is 4.74 Å². The van der Waals surface area contributed by atoms with Crippen LogP contribution in [0.5, 0.6) is 0 Å². The van der Waals surface area contributed by atoms with Crippen molar-refractivity contribution in [3.05, 3.63) is 65.5 Å². The van der Waals surface area contributed by atoms with Crippen molar-refractivity contribution in [2.45, 2.75) is 24.4 Å². The summed E-state index contributed by atoms with van der Waals surface area (Å²) in [6.45, 7) is 1.98. The molecular weight excluding hydrogens is 359 g/mol. The summed E-state index contributed by atoms with van der Waals surface area (Å²) in [5, 5.41) is 2.60. The number of nitrogens with one attached hydrogen (secondary N) is 2. The van der Waals surface area contributed by atoms with Crippen molar-refractivity contribution in [1.29, 1.82) is 0 Å². The highest BCUT2D eigenvalue weighted by Gasteiger charge is 2.18. The van der Waals surface area contributed by atoms with Gasteiger partial charge in [-0.1, -0.05) is 18.2 Å². The fourth-order valence-corrected chi connectivity index (χ4v) is 3.55. The van der Waals surface area contributed by atoms with E-state index in [1.54, 1.807) is 25.1 Å². The first-order valence-corrected chi connectivity index (χ1v) is 9.44. The molecule has 8 heteroatoms. The third kappa shape index (κ3) is 5.35. The number of methoxy groups -OCH3 is 1. The van der Waals surface area contributed by atoms with Crippen LogP contribution in [0.15, 0.2) is 53.4 Å². The molecule has 0 aromatic heterocycles. The van der Waals surface area contributed by atoms with Gasteiger partial charge in [-0.3, -0.25) is 4.79 Å². The largest absolute Gasteiger partial charge is 0.383 e. The number of hydrogen-bond donors (Lipinski definition) is 2. The van der Waals surface area contributed by atoms with Crippen LogP contribution in [0.3, 0.4) is 0 Å². The van der Waals surface area contributed by atoms with Crippen molar-refractivity contribution in [2.24, 2.45) is 0 Å². The Labute approximate surface area is 152 Å². The van der Waals surface area contributed by atoms with E-state index in [0.29, 0.717) is 5.56 Å². The van der Waals surface area contributed by atoms with E-state index in [1.165, 1.54) is 37.4 Å². The summed E-state index contributed by atoms with van der Waals surface area (Å²) in [7, 11) is -2.21. The van der Waals surface area contributed by atoms with Crippen LogP contribution in [0.4, 0.5) is 4.39 Å². The number of halogens is 1. The predicted octanol–water partition coefficient (Wildman–Crippen LogP) is 2.07. The van der Waals surface area contributed by atoms with Gasteiger partial charge in [0.15, 0.2) is 0 Å². The molecule has 0 radical (unpaired) electrons. The molecule has 0 spiro atoms. The Balaban J connectivity index is 2.02. The third-order valence-corrected chi connectivity index (χ3v) is 5.20. The second-order valence-electron chi connectivity index (χ2n) is 5.78. The normalized spacial score (nSPS) is 12.6. The number of rotatable bonds is 8. The molecular formula is C18H21FN2O4S. The lowest BCUT2D eigenvalue weighted by atomic mass is 10.2. The average molecular weight is 380 g/mol. The number of hydrogen-bond acceptors (Lipinski definition) is 4. The second-order valence-corrected chi connectivity index (χ2v) is 7.49. The lowest BCUT2D eigenvalue weighted by molar-refractivity contribution is 0.0950. The molecule has 0 fully saturated rings. The van der Waals surface area contributed by atoms with Gasteiger partial charge in [-0.15, -0.1) is 0 Å². The zero-order chi connectivity index (χ0) is 19.2. The van der Waals surface area contributed by atoms with Gasteiger partial charge in [0.05, 0.1) is 11.5 Å². The molecule has 1 amide bonds. The number of ether oxygens (including phenoxy) is 1. The van der Waals surface area contributed by atoms with Crippen molar-refractivity contribution >= 4 is 15.9 Å². The molecule has 6 nitrogen and oxygen atoms in total. The fraction of sp³-hybridized carbons (Fsp3) is 0.278. The molecule has 0 saturated carbocycles. The first kappa shape index (κ1) is 20.0. The summed E-state index contributed by atoms with van der Waals surface area (Å²) in [5.41, 5.74) is 0.654. The standard InChI is InChI=1S/C18H21FN2O4S/c1-13(12-25-2)21-26(23,24)16-9-7-14(8-10-16)18(22)20-11-15-5-3-4-6-17(15)19/h3-10,13,21H,11-12H2,1-2H3,(H,20,22)/t13-/m1/s1. The average Bonchev–Trinajstić information content (AvgIpc) is 2.60. The summed E-state index contributed by atoms with van der Waals surface area (Å²) >= 11 is 0. The molecule has 26 heavy (non-hydrogen) atoms. The number of amides is 1. The van der Waals surface area contributed by atoms with Crippen LogP contribution >= 0.6 is 0 Å². The number of sulfonamides is 1. The van der Waals surface area contributed by atoms with E-state index in [2.05, 4.69) is 10.0 Å². The molecule has 1 atom stereocenters. The lowest BCUT2D eigenvalue weighted by Crippen LogP contribution is -2.35. The molecule has 0 unspecified atom stereocenters. The number of benzene rings is 2. The van der Waals surface area contributed by atoms with Gasteiger partial charge < -0.3 is 10.1 Å². The molecule has 0 saturated heterocycles. The lowest BCUT2D eigenvalue weighted by Gasteiger charge is -2.13. The van der Waals surface area contributed by atoms with Crippen molar-refractivity contribution in [1.82, 2.24) is 10.0 Å². The van der Waals surface area contributed by atoms with Crippen LogP contribution in [0, 0.1) is 5.82 Å². The molecule has 0 heterocycles. The summed E-state index contributed by atoms with van der Waals surface area (Å²) in [6, 6.07) is 11.3. The van der Waals surface area contributed by atoms with Gasteiger partial charge >= 0.3 is 0 Å². The topological polar surface area (TPSA) is 84.5 Å². The highest BCUT2D eigenvalue weighted by molar-refractivity contribution is 7.89. The van der Waals surface area contributed by atoms with Gasteiger partial charge in [0.1, 0.15) is 5.82 Å². The first-order chi connectivity index (χ1) is 12.3. The Kier molecular flexibility index (Phi) is 6.84. The fourth-order valence-electron chi connectivity index (χ4n) is 2.32. The molecule has 2 aromatic carbocycles. The summed E-state index contributed by atoms with van der Waals surface area (Å²) in [5.74, 6) is -0.816. The summed E-state index contributed by atoms with van der Waals surface area (Å²) in [4.78, 5) is 12.2. The van der Waals surface area contributed by atoms with E-state index in [0.717, 1.165) is 0 Å². The van der Waals surface area contributed by atoms with Crippen molar-refractivity contribution in [2.75, 3.05) is 13.7 Å². The Morgan fingerprint density at radius 2 is 1.81 bits per heavy atom. The highest BCUT2D eigenvalue weighted by atomic mass is 32.2. The molecule has 0 aliphatic carbocycles. The first-order valence-electron chi connectivity index (χ1n) is 7.96. The maximum Gasteiger partial charge on any atom is 0.251 e. The Morgan fingerprint density at radius 3 is 2.42 bits per heavy atom. The van der Waals surface area contributed by atoms with Crippen LogP contribution in [0.2, 0.25) is 0 Å². The van der Waals surface area contributed by atoms with Crippen molar-refractivity contribution in [3.8, 4) is 0 Å². The van der Waals surface area contributed by atoms with E-state index in [-0.39, 0.29) is 29.7 Å². The minimum Gasteiger partial charge on any atom is -0.383 e. The van der Waals surface area contributed by atoms with Crippen molar-refractivity contribution < 1.29 is 22.3 Å². The Morgan fingerprint density at radius 1 is 1.15 bits per heavy atom. The summed E-state index contributed by atoms with van der Waals surface area (Å²) in [6.07, 6.45) is 0. The maximum atomic E-state index is 13.6. The maximum absolute atomic E-state index is 13.6. The van der Waals surface area contributed by atoms with Gasteiger partial charge in [0.25, 0.3) is 5.91 Å². The predicted molar refractivity (Wildman–Crippen MR) is 95.7 cm³/mol. The zero-order valence-corrected chi connectivity index (χ0v) is 15.3. The quantitative estimate of drug-likeness (QED) is 0.734. The number of carbonyl (C=O) groups excluding carboxylic acids is 1. The molecule has 0 bridgehead atoms. The van der Waals surface area contributed by atoms with Crippen LogP contribution < -0.4 is 10.0 Å². The molecule has 0 aliphatic rings. The van der Waals surface area contributed by atoms with Gasteiger partial charge in [-0.25, -0.2) is 17.5 Å².